The van der Waals surface area contributed by atoms with Gasteiger partial charge >= 0.3 is 0 Å². The lowest BCUT2D eigenvalue weighted by atomic mass is 10.1. The number of benzene rings is 1. The normalized spacial score (nSPS) is 12.4. The van der Waals surface area contributed by atoms with Gasteiger partial charge in [-0.3, -0.25) is 0 Å². The van der Waals surface area contributed by atoms with Crippen molar-refractivity contribution in [3.8, 4) is 5.75 Å². The Morgan fingerprint density at radius 3 is 2.62 bits per heavy atom. The van der Waals surface area contributed by atoms with E-state index >= 15 is 0 Å². The monoisotopic (exact) mass is 286 g/mol. The molecule has 0 aliphatic heterocycles. The van der Waals surface area contributed by atoms with Gasteiger partial charge in [0.15, 0.2) is 0 Å². The number of aryl methyl sites for hydroxylation is 1. The van der Waals surface area contributed by atoms with Crippen molar-refractivity contribution in [3.63, 3.8) is 0 Å². The minimum absolute atomic E-state index is 0.296. The van der Waals surface area contributed by atoms with Crippen molar-refractivity contribution >= 4 is 0 Å². The summed E-state index contributed by atoms with van der Waals surface area (Å²) in [4.78, 5) is 0. The maximum Gasteiger partial charge on any atom is 0.119 e. The number of aromatic nitrogens is 1. The zero-order valence-corrected chi connectivity index (χ0v) is 13.7. The standard InChI is InChI=1S/C18H26N2O/c1-6-20-13(2)10-17(15(20)4)12-19-14(3)16-8-7-9-18(11-16)21-5/h7-11,14,19H,6,12H2,1-5H3. The molecular weight excluding hydrogens is 260 g/mol. The van der Waals surface area contributed by atoms with E-state index in [0.717, 1.165) is 18.8 Å². The van der Waals surface area contributed by atoms with Crippen LogP contribution in [0, 0.1) is 13.8 Å². The van der Waals surface area contributed by atoms with Gasteiger partial charge in [-0.15, -0.1) is 0 Å². The second kappa shape index (κ2) is 6.81. The van der Waals surface area contributed by atoms with Gasteiger partial charge in [0.25, 0.3) is 0 Å². The molecule has 0 aliphatic carbocycles. The molecular formula is C18H26N2O. The highest BCUT2D eigenvalue weighted by molar-refractivity contribution is 5.31. The second-order valence-electron chi connectivity index (χ2n) is 5.52. The van der Waals surface area contributed by atoms with E-state index in [4.69, 9.17) is 4.74 Å². The predicted octanol–water partition coefficient (Wildman–Crippen LogP) is 3.98. The largest absolute Gasteiger partial charge is 0.497 e. The summed E-state index contributed by atoms with van der Waals surface area (Å²) >= 11 is 0. The average molecular weight is 286 g/mol. The Morgan fingerprint density at radius 1 is 1.24 bits per heavy atom. The van der Waals surface area contributed by atoms with Crippen LogP contribution < -0.4 is 10.1 Å². The van der Waals surface area contributed by atoms with E-state index in [2.05, 4.69) is 55.8 Å². The maximum atomic E-state index is 5.29. The smallest absolute Gasteiger partial charge is 0.119 e. The Labute approximate surface area is 127 Å². The number of hydrogen-bond donors (Lipinski definition) is 1. The first-order valence-corrected chi connectivity index (χ1v) is 7.59. The van der Waals surface area contributed by atoms with Gasteiger partial charge in [-0.25, -0.2) is 0 Å². The topological polar surface area (TPSA) is 26.2 Å². The zero-order chi connectivity index (χ0) is 15.4. The third-order valence-electron chi connectivity index (χ3n) is 4.19. The van der Waals surface area contributed by atoms with Gasteiger partial charge in [0, 0.05) is 30.5 Å². The van der Waals surface area contributed by atoms with Crippen LogP contribution in [0.25, 0.3) is 0 Å². The summed E-state index contributed by atoms with van der Waals surface area (Å²) in [5.41, 5.74) is 5.32. The van der Waals surface area contributed by atoms with Crippen LogP contribution >= 0.6 is 0 Å². The van der Waals surface area contributed by atoms with Crippen molar-refractivity contribution < 1.29 is 4.74 Å². The molecule has 0 spiro atoms. The van der Waals surface area contributed by atoms with Gasteiger partial charge in [-0.1, -0.05) is 12.1 Å². The zero-order valence-electron chi connectivity index (χ0n) is 13.7. The van der Waals surface area contributed by atoms with Crippen LogP contribution in [-0.4, -0.2) is 11.7 Å². The Morgan fingerprint density at radius 2 is 2.00 bits per heavy atom. The molecule has 3 heteroatoms. The molecule has 0 bridgehead atoms. The highest BCUT2D eigenvalue weighted by atomic mass is 16.5. The number of methoxy groups -OCH3 is 1. The fourth-order valence-corrected chi connectivity index (χ4v) is 2.83. The fraction of sp³-hybridized carbons (Fsp3) is 0.444. The average Bonchev–Trinajstić information content (AvgIpc) is 2.78. The van der Waals surface area contributed by atoms with Crippen molar-refractivity contribution in [1.82, 2.24) is 9.88 Å². The van der Waals surface area contributed by atoms with Crippen LogP contribution in [0.2, 0.25) is 0 Å². The number of nitrogens with one attached hydrogen (secondary N) is 1. The summed E-state index contributed by atoms with van der Waals surface area (Å²) in [6, 6.07) is 10.8. The summed E-state index contributed by atoms with van der Waals surface area (Å²) in [5, 5.41) is 3.60. The highest BCUT2D eigenvalue weighted by Gasteiger charge is 2.10. The lowest BCUT2D eigenvalue weighted by Crippen LogP contribution is -2.18. The van der Waals surface area contributed by atoms with Gasteiger partial charge in [0.05, 0.1) is 7.11 Å². The first-order chi connectivity index (χ1) is 10.1. The van der Waals surface area contributed by atoms with Crippen molar-refractivity contribution in [2.75, 3.05) is 7.11 Å². The lowest BCUT2D eigenvalue weighted by molar-refractivity contribution is 0.413. The molecule has 3 nitrogen and oxygen atoms in total. The summed E-state index contributed by atoms with van der Waals surface area (Å²) < 4.78 is 7.64. The molecule has 1 atom stereocenters. The van der Waals surface area contributed by atoms with E-state index in [1.54, 1.807) is 7.11 Å². The van der Waals surface area contributed by atoms with Crippen molar-refractivity contribution in [1.29, 1.82) is 0 Å². The highest BCUT2D eigenvalue weighted by Crippen LogP contribution is 2.20. The minimum atomic E-state index is 0.296. The molecule has 0 aliphatic rings. The number of ether oxygens (including phenoxy) is 1. The van der Waals surface area contributed by atoms with E-state index in [1.807, 2.05) is 12.1 Å². The molecule has 2 aromatic rings. The SMILES string of the molecule is CCn1c(C)cc(CNC(C)c2cccc(OC)c2)c1C. The molecule has 1 heterocycles. The molecule has 0 saturated carbocycles. The van der Waals surface area contributed by atoms with Crippen molar-refractivity contribution in [2.24, 2.45) is 0 Å². The third-order valence-corrected chi connectivity index (χ3v) is 4.19. The molecule has 21 heavy (non-hydrogen) atoms. The third kappa shape index (κ3) is 3.48. The van der Waals surface area contributed by atoms with E-state index in [9.17, 15) is 0 Å². The molecule has 0 saturated heterocycles. The Hall–Kier alpha value is -1.74. The van der Waals surface area contributed by atoms with Crippen LogP contribution in [0.4, 0.5) is 0 Å². The molecule has 1 N–H and O–H groups in total. The molecule has 2 rings (SSSR count). The molecule has 0 fully saturated rings. The quantitative estimate of drug-likeness (QED) is 0.869. The summed E-state index contributed by atoms with van der Waals surface area (Å²) in [5.74, 6) is 0.908. The van der Waals surface area contributed by atoms with E-state index < -0.39 is 0 Å². The van der Waals surface area contributed by atoms with E-state index in [0.29, 0.717) is 6.04 Å². The van der Waals surface area contributed by atoms with E-state index in [1.165, 1.54) is 22.5 Å². The van der Waals surface area contributed by atoms with Crippen LogP contribution in [-0.2, 0) is 13.1 Å². The fourth-order valence-electron chi connectivity index (χ4n) is 2.83. The van der Waals surface area contributed by atoms with Crippen LogP contribution in [0.5, 0.6) is 5.75 Å². The molecule has 1 aromatic heterocycles. The summed E-state index contributed by atoms with van der Waals surface area (Å²) in [6.07, 6.45) is 0. The molecule has 1 unspecified atom stereocenters. The predicted molar refractivity (Wildman–Crippen MR) is 87.8 cm³/mol. The molecule has 0 amide bonds. The Bertz CT molecular complexity index is 601. The number of nitrogens with zero attached hydrogens (tertiary/aromatic N) is 1. The first-order valence-electron chi connectivity index (χ1n) is 7.59. The molecule has 0 radical (unpaired) electrons. The van der Waals surface area contributed by atoms with E-state index in [-0.39, 0.29) is 0 Å². The van der Waals surface area contributed by atoms with Crippen LogP contribution in [0.3, 0.4) is 0 Å². The minimum Gasteiger partial charge on any atom is -0.497 e. The Balaban J connectivity index is 2.05. The molecule has 1 aromatic carbocycles. The summed E-state index contributed by atoms with van der Waals surface area (Å²) in [6.45, 7) is 10.7. The number of rotatable bonds is 6. The van der Waals surface area contributed by atoms with Crippen molar-refractivity contribution in [3.05, 3.63) is 52.8 Å². The van der Waals surface area contributed by atoms with Crippen LogP contribution in [0.15, 0.2) is 30.3 Å². The summed E-state index contributed by atoms with van der Waals surface area (Å²) in [7, 11) is 1.71. The maximum absolute atomic E-state index is 5.29. The lowest BCUT2D eigenvalue weighted by Gasteiger charge is -2.15. The van der Waals surface area contributed by atoms with Gasteiger partial charge in [-0.05, 0) is 57.0 Å². The second-order valence-corrected chi connectivity index (χ2v) is 5.52. The Kier molecular flexibility index (Phi) is 5.07. The van der Waals surface area contributed by atoms with Crippen molar-refractivity contribution in [2.45, 2.75) is 46.8 Å². The van der Waals surface area contributed by atoms with Crippen LogP contribution in [0.1, 0.15) is 42.4 Å². The van der Waals surface area contributed by atoms with Gasteiger partial charge in [0.2, 0.25) is 0 Å². The van der Waals surface area contributed by atoms with Gasteiger partial charge < -0.3 is 14.6 Å². The first kappa shape index (κ1) is 15.6. The van der Waals surface area contributed by atoms with Gasteiger partial charge in [0.1, 0.15) is 5.75 Å². The molecule has 114 valence electrons. The van der Waals surface area contributed by atoms with Gasteiger partial charge in [-0.2, -0.15) is 0 Å². The number of hydrogen-bond acceptors (Lipinski definition) is 2.